The average Bonchev–Trinajstić information content (AvgIpc) is 2.19. The van der Waals surface area contributed by atoms with Crippen LogP contribution >= 0.6 is 23.9 Å². The maximum atomic E-state index is 9.06. The topological polar surface area (TPSA) is 39.4 Å². The van der Waals surface area contributed by atoms with Crippen LogP contribution in [0.3, 0.4) is 0 Å². The van der Waals surface area contributed by atoms with Crippen molar-refractivity contribution in [2.45, 2.75) is 52.6 Å². The maximum absolute atomic E-state index is 9.06. The summed E-state index contributed by atoms with van der Waals surface area (Å²) < 4.78 is 6.95. The second-order valence-corrected chi connectivity index (χ2v) is 18.5. The van der Waals surface area contributed by atoms with Crippen LogP contribution in [0.5, 0.6) is 0 Å². The van der Waals surface area contributed by atoms with Crippen LogP contribution in [0.1, 0.15) is 13.3 Å². The molecule has 0 N–H and O–H groups in total. The van der Waals surface area contributed by atoms with Crippen molar-refractivity contribution < 1.29 is 0 Å². The molecule has 0 aromatic rings. The molecule has 0 spiro atoms. The predicted octanol–water partition coefficient (Wildman–Crippen LogP) is 4.59. The number of thioether (sulfide) groups is 1. The lowest BCUT2D eigenvalue weighted by Crippen LogP contribution is -2.54. The molecule has 104 valence electrons. The van der Waals surface area contributed by atoms with Gasteiger partial charge >= 0.3 is 0 Å². The van der Waals surface area contributed by atoms with Crippen molar-refractivity contribution in [2.75, 3.05) is 5.75 Å². The Kier molecular flexibility index (Phi) is 7.86. The molecule has 0 atom stereocenters. The molecular formula is C11H25N3S2Si2. The van der Waals surface area contributed by atoms with Gasteiger partial charge in [0.15, 0.2) is 5.04 Å². The second kappa shape index (κ2) is 7.75. The van der Waals surface area contributed by atoms with Gasteiger partial charge in [0.05, 0.1) is 0 Å². The molecule has 0 amide bonds. The van der Waals surface area contributed by atoms with Crippen molar-refractivity contribution in [2.24, 2.45) is 4.40 Å². The van der Waals surface area contributed by atoms with Crippen LogP contribution in [0.2, 0.25) is 39.3 Å². The third-order valence-corrected chi connectivity index (χ3v) is 13.8. The van der Waals surface area contributed by atoms with Crippen molar-refractivity contribution in [1.82, 2.24) is 3.64 Å². The molecule has 7 heteroatoms. The van der Waals surface area contributed by atoms with Crippen molar-refractivity contribution in [3.05, 3.63) is 0 Å². The highest BCUT2D eigenvalue weighted by molar-refractivity contribution is 8.15. The summed E-state index contributed by atoms with van der Waals surface area (Å²) in [5, 5.41) is 9.66. The fourth-order valence-electron chi connectivity index (χ4n) is 1.61. The van der Waals surface area contributed by atoms with E-state index in [1.807, 2.05) is 0 Å². The van der Waals surface area contributed by atoms with Gasteiger partial charge in [-0.2, -0.15) is 9.66 Å². The van der Waals surface area contributed by atoms with E-state index < -0.39 is 16.5 Å². The third kappa shape index (κ3) is 6.99. The van der Waals surface area contributed by atoms with Crippen molar-refractivity contribution in [3.8, 4) is 6.07 Å². The standard InChI is InChI=1S/C11H25N3S2Si2/c1-8-9-15-11(10-12)13-16-14(17(2,3)4)18(5,6)7/h8-9H2,1-7H3. The van der Waals surface area contributed by atoms with Crippen LogP contribution in [0.25, 0.3) is 0 Å². The molecule has 0 aromatic carbocycles. The molecule has 0 rings (SSSR count). The van der Waals surface area contributed by atoms with Crippen LogP contribution in [0.15, 0.2) is 4.40 Å². The first-order valence-electron chi connectivity index (χ1n) is 6.21. The van der Waals surface area contributed by atoms with E-state index in [0.29, 0.717) is 5.04 Å². The first-order valence-corrected chi connectivity index (χ1v) is 14.8. The minimum Gasteiger partial charge on any atom is -0.274 e. The van der Waals surface area contributed by atoms with E-state index >= 15 is 0 Å². The highest BCUT2D eigenvalue weighted by Gasteiger charge is 2.35. The van der Waals surface area contributed by atoms with Gasteiger partial charge in [-0.1, -0.05) is 58.0 Å². The smallest absolute Gasteiger partial charge is 0.183 e. The van der Waals surface area contributed by atoms with Gasteiger partial charge in [0.2, 0.25) is 0 Å². The van der Waals surface area contributed by atoms with E-state index in [-0.39, 0.29) is 0 Å². The first kappa shape index (κ1) is 18.3. The van der Waals surface area contributed by atoms with Gasteiger partial charge in [0, 0.05) is 12.1 Å². The van der Waals surface area contributed by atoms with Crippen LogP contribution in [0.4, 0.5) is 0 Å². The zero-order valence-corrected chi connectivity index (χ0v) is 16.2. The lowest BCUT2D eigenvalue weighted by molar-refractivity contribution is 1.000. The number of nitriles is 1. The zero-order valence-electron chi connectivity index (χ0n) is 12.6. The molecule has 0 bridgehead atoms. The summed E-state index contributed by atoms with van der Waals surface area (Å²) in [6.07, 6.45) is 1.07. The van der Waals surface area contributed by atoms with E-state index in [9.17, 15) is 0 Å². The third-order valence-electron chi connectivity index (χ3n) is 1.96. The van der Waals surface area contributed by atoms with Crippen molar-refractivity contribution >= 4 is 45.4 Å². The van der Waals surface area contributed by atoms with E-state index in [1.54, 1.807) is 11.8 Å². The quantitative estimate of drug-likeness (QED) is 0.311. The molecule has 0 saturated heterocycles. The molecule has 3 nitrogen and oxygen atoms in total. The Bertz CT molecular complexity index is 313. The Labute approximate surface area is 123 Å². The maximum Gasteiger partial charge on any atom is 0.183 e. The largest absolute Gasteiger partial charge is 0.274 e. The number of hydrogen-bond donors (Lipinski definition) is 0. The van der Waals surface area contributed by atoms with Crippen LogP contribution < -0.4 is 0 Å². The lowest BCUT2D eigenvalue weighted by atomic mass is 10.6. The van der Waals surface area contributed by atoms with Gasteiger partial charge in [-0.05, 0) is 12.2 Å². The molecular weight excluding hydrogens is 294 g/mol. The number of hydrogen-bond acceptors (Lipinski definition) is 5. The van der Waals surface area contributed by atoms with Gasteiger partial charge in [-0.25, -0.2) is 0 Å². The molecule has 0 aliphatic heterocycles. The minimum atomic E-state index is -1.40. The summed E-state index contributed by atoms with van der Waals surface area (Å²) in [4.78, 5) is 0. The Morgan fingerprint density at radius 2 is 1.67 bits per heavy atom. The van der Waals surface area contributed by atoms with Gasteiger partial charge in [0.25, 0.3) is 0 Å². The molecule has 0 aliphatic carbocycles. The molecule has 0 aliphatic rings. The number of nitrogens with zero attached hydrogens (tertiary/aromatic N) is 3. The average molecular weight is 320 g/mol. The fourth-order valence-corrected chi connectivity index (χ4v) is 12.8. The normalized spacial score (nSPS) is 13.8. The van der Waals surface area contributed by atoms with Gasteiger partial charge in [-0.3, -0.25) is 3.64 Å². The summed E-state index contributed by atoms with van der Waals surface area (Å²) in [6.45, 7) is 16.1. The summed E-state index contributed by atoms with van der Waals surface area (Å²) >= 11 is 3.08. The minimum absolute atomic E-state index is 0.600. The molecule has 0 aromatic heterocycles. The molecule has 0 unspecified atom stereocenters. The molecule has 0 radical (unpaired) electrons. The first-order chi connectivity index (χ1) is 8.12. The Hall–Kier alpha value is 0.254. The molecule has 0 saturated carbocycles. The van der Waals surface area contributed by atoms with E-state index in [2.05, 4.69) is 60.3 Å². The van der Waals surface area contributed by atoms with Crippen LogP contribution in [-0.4, -0.2) is 30.9 Å². The Morgan fingerprint density at radius 3 is 2.00 bits per heavy atom. The zero-order chi connectivity index (χ0) is 14.4. The van der Waals surface area contributed by atoms with Crippen LogP contribution in [0, 0.1) is 11.3 Å². The lowest BCUT2D eigenvalue weighted by Gasteiger charge is -2.40. The van der Waals surface area contributed by atoms with Crippen molar-refractivity contribution in [1.29, 1.82) is 5.26 Å². The second-order valence-electron chi connectivity index (χ2n) is 6.07. The molecule has 18 heavy (non-hydrogen) atoms. The molecule has 0 fully saturated rings. The highest BCUT2D eigenvalue weighted by Crippen LogP contribution is 2.29. The monoisotopic (exact) mass is 319 g/mol. The number of rotatable bonds is 6. The Balaban J connectivity index is 4.81. The fraction of sp³-hybridized carbons (Fsp3) is 0.818. The summed E-state index contributed by atoms with van der Waals surface area (Å²) in [6, 6.07) is 2.19. The van der Waals surface area contributed by atoms with E-state index in [4.69, 9.17) is 5.26 Å². The van der Waals surface area contributed by atoms with Crippen LogP contribution in [-0.2, 0) is 0 Å². The van der Waals surface area contributed by atoms with Gasteiger partial charge < -0.3 is 0 Å². The van der Waals surface area contributed by atoms with Gasteiger partial charge in [0.1, 0.15) is 22.5 Å². The molecule has 0 heterocycles. The van der Waals surface area contributed by atoms with Gasteiger partial charge in [-0.15, -0.1) is 0 Å². The SMILES string of the molecule is CCCSC(C#N)=NSN([Si](C)(C)C)[Si](C)(C)C. The summed E-state index contributed by atoms with van der Waals surface area (Å²) in [7, 11) is -2.80. The summed E-state index contributed by atoms with van der Waals surface area (Å²) in [5.41, 5.74) is 0. The highest BCUT2D eigenvalue weighted by atomic mass is 32.2. The predicted molar refractivity (Wildman–Crippen MR) is 91.9 cm³/mol. The van der Waals surface area contributed by atoms with E-state index in [0.717, 1.165) is 12.2 Å². The Morgan fingerprint density at radius 1 is 1.17 bits per heavy atom. The van der Waals surface area contributed by atoms with Crippen molar-refractivity contribution in [3.63, 3.8) is 0 Å². The van der Waals surface area contributed by atoms with E-state index in [1.165, 1.54) is 12.1 Å². The summed E-state index contributed by atoms with van der Waals surface area (Å²) in [5.74, 6) is 0.965.